The largest absolute Gasteiger partial charge is 0.469 e. The van der Waals surface area contributed by atoms with E-state index in [0.29, 0.717) is 6.42 Å². The first kappa shape index (κ1) is 13.6. The monoisotopic (exact) mass is 236 g/mol. The van der Waals surface area contributed by atoms with Gasteiger partial charge < -0.3 is 4.74 Å². The predicted molar refractivity (Wildman–Crippen MR) is 66.6 cm³/mol. The summed E-state index contributed by atoms with van der Waals surface area (Å²) in [5.41, 5.74) is 2.34. The highest BCUT2D eigenvalue weighted by molar-refractivity contribution is 5.69. The second kappa shape index (κ2) is 7.01. The summed E-state index contributed by atoms with van der Waals surface area (Å²) < 4.78 is 4.64. The van der Waals surface area contributed by atoms with Crippen LogP contribution in [0.1, 0.15) is 24.5 Å². The third kappa shape index (κ3) is 4.95. The van der Waals surface area contributed by atoms with Crippen LogP contribution in [0.4, 0.5) is 0 Å². The van der Waals surface area contributed by atoms with Crippen molar-refractivity contribution in [2.75, 3.05) is 20.2 Å². The number of aromatic nitrogens is 1. The zero-order chi connectivity index (χ0) is 12.7. The average Bonchev–Trinajstić information content (AvgIpc) is 2.34. The molecule has 0 N–H and O–H groups in total. The van der Waals surface area contributed by atoms with Crippen molar-refractivity contribution in [3.8, 4) is 0 Å². The minimum absolute atomic E-state index is 0.161. The van der Waals surface area contributed by atoms with Crippen molar-refractivity contribution < 1.29 is 9.53 Å². The zero-order valence-corrected chi connectivity index (χ0v) is 10.8. The summed E-state index contributed by atoms with van der Waals surface area (Å²) in [5, 5.41) is 0. The molecule has 0 aliphatic carbocycles. The van der Waals surface area contributed by atoms with Crippen LogP contribution in [0.15, 0.2) is 18.5 Å². The molecule has 17 heavy (non-hydrogen) atoms. The predicted octanol–water partition coefficient (Wildman–Crippen LogP) is 1.78. The number of esters is 1. The van der Waals surface area contributed by atoms with Crippen LogP contribution < -0.4 is 0 Å². The maximum Gasteiger partial charge on any atom is 0.306 e. The van der Waals surface area contributed by atoms with Gasteiger partial charge in [-0.05, 0) is 24.6 Å². The molecule has 0 unspecified atom stereocenters. The number of ether oxygens (including phenoxy) is 1. The van der Waals surface area contributed by atoms with Crippen molar-refractivity contribution in [1.29, 1.82) is 0 Å². The van der Waals surface area contributed by atoms with E-state index in [1.54, 1.807) is 0 Å². The van der Waals surface area contributed by atoms with Crippen LogP contribution in [0.5, 0.6) is 0 Å². The van der Waals surface area contributed by atoms with Crippen molar-refractivity contribution >= 4 is 5.97 Å². The smallest absolute Gasteiger partial charge is 0.306 e. The van der Waals surface area contributed by atoms with Crippen LogP contribution in [0, 0.1) is 6.92 Å². The zero-order valence-electron chi connectivity index (χ0n) is 10.8. The minimum Gasteiger partial charge on any atom is -0.469 e. The summed E-state index contributed by atoms with van der Waals surface area (Å²) in [7, 11) is 1.42. The van der Waals surface area contributed by atoms with Gasteiger partial charge in [0.2, 0.25) is 0 Å². The van der Waals surface area contributed by atoms with E-state index >= 15 is 0 Å². The summed E-state index contributed by atoms with van der Waals surface area (Å²) in [6, 6.07) is 2.12. The number of pyridine rings is 1. The fourth-order valence-electron chi connectivity index (χ4n) is 1.66. The Balaban J connectivity index is 2.49. The first-order chi connectivity index (χ1) is 8.15. The van der Waals surface area contributed by atoms with Gasteiger partial charge in [-0.25, -0.2) is 0 Å². The molecule has 4 nitrogen and oxygen atoms in total. The number of hydrogen-bond donors (Lipinski definition) is 0. The van der Waals surface area contributed by atoms with E-state index in [9.17, 15) is 4.79 Å². The van der Waals surface area contributed by atoms with Crippen molar-refractivity contribution in [2.24, 2.45) is 0 Å². The molecule has 0 amide bonds. The van der Waals surface area contributed by atoms with E-state index in [2.05, 4.69) is 27.6 Å². The molecule has 0 saturated carbocycles. The summed E-state index contributed by atoms with van der Waals surface area (Å²) in [6.45, 7) is 6.56. The summed E-state index contributed by atoms with van der Waals surface area (Å²) in [4.78, 5) is 17.4. The average molecular weight is 236 g/mol. The lowest BCUT2D eigenvalue weighted by Crippen LogP contribution is -2.26. The van der Waals surface area contributed by atoms with E-state index in [1.165, 1.54) is 12.7 Å². The molecule has 0 fully saturated rings. The Hall–Kier alpha value is -1.42. The molecule has 1 heterocycles. The van der Waals surface area contributed by atoms with E-state index in [4.69, 9.17) is 0 Å². The number of carbonyl (C=O) groups excluding carboxylic acids is 1. The number of methoxy groups -OCH3 is 1. The van der Waals surface area contributed by atoms with Gasteiger partial charge in [0.1, 0.15) is 0 Å². The lowest BCUT2D eigenvalue weighted by atomic mass is 10.2. The normalized spacial score (nSPS) is 10.6. The molecule has 4 heteroatoms. The standard InChI is InChI=1S/C13H20N2O2/c1-4-15(6-5-13(16)17-3)10-12-7-11(2)8-14-9-12/h7-9H,4-6,10H2,1-3H3. The highest BCUT2D eigenvalue weighted by Gasteiger charge is 2.07. The molecule has 0 spiro atoms. The first-order valence-electron chi connectivity index (χ1n) is 5.85. The molecule has 1 aromatic rings. The SMILES string of the molecule is CCN(CCC(=O)OC)Cc1cncc(C)c1. The Kier molecular flexibility index (Phi) is 5.63. The third-order valence-corrected chi connectivity index (χ3v) is 2.64. The number of nitrogens with zero attached hydrogens (tertiary/aromatic N) is 2. The fraction of sp³-hybridized carbons (Fsp3) is 0.538. The maximum absolute atomic E-state index is 11.1. The summed E-state index contributed by atoms with van der Waals surface area (Å²) in [6.07, 6.45) is 4.14. The summed E-state index contributed by atoms with van der Waals surface area (Å²) >= 11 is 0. The minimum atomic E-state index is -0.161. The van der Waals surface area contributed by atoms with Crippen LogP contribution in [0.3, 0.4) is 0 Å². The van der Waals surface area contributed by atoms with Gasteiger partial charge in [0.15, 0.2) is 0 Å². The van der Waals surface area contributed by atoms with Gasteiger partial charge in [-0.1, -0.05) is 13.0 Å². The third-order valence-electron chi connectivity index (χ3n) is 2.64. The van der Waals surface area contributed by atoms with Crippen molar-refractivity contribution in [1.82, 2.24) is 9.88 Å². The number of aryl methyl sites for hydroxylation is 1. The molecular formula is C13H20N2O2. The number of hydrogen-bond acceptors (Lipinski definition) is 4. The van der Waals surface area contributed by atoms with Gasteiger partial charge in [-0.3, -0.25) is 14.7 Å². The molecule has 0 bridgehead atoms. The second-order valence-electron chi connectivity index (χ2n) is 4.07. The molecule has 0 atom stereocenters. The second-order valence-corrected chi connectivity index (χ2v) is 4.07. The van der Waals surface area contributed by atoms with E-state index in [1.807, 2.05) is 19.3 Å². The van der Waals surface area contributed by atoms with Gasteiger partial charge in [0.25, 0.3) is 0 Å². The first-order valence-corrected chi connectivity index (χ1v) is 5.85. The topological polar surface area (TPSA) is 42.4 Å². The van der Waals surface area contributed by atoms with Crippen molar-refractivity contribution in [3.05, 3.63) is 29.6 Å². The Morgan fingerprint density at radius 3 is 2.82 bits per heavy atom. The maximum atomic E-state index is 11.1. The Bertz CT molecular complexity index is 366. The van der Waals surface area contributed by atoms with E-state index < -0.39 is 0 Å². The van der Waals surface area contributed by atoms with Crippen LogP contribution in [0.25, 0.3) is 0 Å². The van der Waals surface area contributed by atoms with Crippen LogP contribution in [0.2, 0.25) is 0 Å². The molecule has 1 aromatic heterocycles. The summed E-state index contributed by atoms with van der Waals surface area (Å²) in [5.74, 6) is -0.161. The van der Waals surface area contributed by atoms with Crippen LogP contribution in [-0.2, 0) is 16.1 Å². The molecule has 0 saturated heterocycles. The van der Waals surface area contributed by atoms with Crippen LogP contribution >= 0.6 is 0 Å². The van der Waals surface area contributed by atoms with Gasteiger partial charge in [-0.2, -0.15) is 0 Å². The molecule has 0 aliphatic heterocycles. The van der Waals surface area contributed by atoms with Gasteiger partial charge in [0.05, 0.1) is 13.5 Å². The van der Waals surface area contributed by atoms with Gasteiger partial charge in [0, 0.05) is 25.5 Å². The van der Waals surface area contributed by atoms with Crippen LogP contribution in [-0.4, -0.2) is 36.1 Å². The molecule has 94 valence electrons. The van der Waals surface area contributed by atoms with Gasteiger partial charge in [-0.15, -0.1) is 0 Å². The highest BCUT2D eigenvalue weighted by atomic mass is 16.5. The Labute approximate surface area is 103 Å². The molecular weight excluding hydrogens is 216 g/mol. The van der Waals surface area contributed by atoms with E-state index in [0.717, 1.165) is 25.2 Å². The number of rotatable bonds is 6. The Morgan fingerprint density at radius 1 is 1.47 bits per heavy atom. The molecule has 0 aromatic carbocycles. The van der Waals surface area contributed by atoms with Crippen molar-refractivity contribution in [3.63, 3.8) is 0 Å². The van der Waals surface area contributed by atoms with Gasteiger partial charge >= 0.3 is 5.97 Å². The highest BCUT2D eigenvalue weighted by Crippen LogP contribution is 2.06. The van der Waals surface area contributed by atoms with Crippen molar-refractivity contribution in [2.45, 2.75) is 26.8 Å². The lowest BCUT2D eigenvalue weighted by molar-refractivity contribution is -0.141. The number of carbonyl (C=O) groups is 1. The lowest BCUT2D eigenvalue weighted by Gasteiger charge is -2.19. The molecule has 0 radical (unpaired) electrons. The molecule has 1 rings (SSSR count). The quantitative estimate of drug-likeness (QED) is 0.706. The molecule has 0 aliphatic rings. The Morgan fingerprint density at radius 2 is 2.24 bits per heavy atom. The van der Waals surface area contributed by atoms with E-state index in [-0.39, 0.29) is 5.97 Å². The fourth-order valence-corrected chi connectivity index (χ4v) is 1.66.